The normalized spacial score (nSPS) is 20.4. The van der Waals surface area contributed by atoms with Gasteiger partial charge >= 0.3 is 5.97 Å². The predicted octanol–water partition coefficient (Wildman–Crippen LogP) is -1.25. The summed E-state index contributed by atoms with van der Waals surface area (Å²) < 4.78 is 0. The largest absolute Gasteiger partial charge is 0.480 e. The molecule has 0 saturated carbocycles. The first-order valence-electron chi connectivity index (χ1n) is 11.1. The molecule has 0 aliphatic carbocycles. The number of carboxylic acid groups (broad SMARTS) is 1. The van der Waals surface area contributed by atoms with Gasteiger partial charge in [0, 0.05) is 24.9 Å². The van der Waals surface area contributed by atoms with Gasteiger partial charge in [0.15, 0.2) is 0 Å². The zero-order valence-corrected chi connectivity index (χ0v) is 19.2. The molecule has 1 aliphatic rings. The van der Waals surface area contributed by atoms with Gasteiger partial charge in [-0.15, -0.1) is 0 Å². The summed E-state index contributed by atoms with van der Waals surface area (Å²) in [4.78, 5) is 58.2. The number of carboxylic acids is 1. The minimum Gasteiger partial charge on any atom is -0.480 e. The van der Waals surface area contributed by atoms with Gasteiger partial charge in [0.05, 0.1) is 18.5 Å². The van der Waals surface area contributed by atoms with Crippen molar-refractivity contribution >= 4 is 23.7 Å². The Labute approximate surface area is 192 Å². The van der Waals surface area contributed by atoms with Crippen LogP contribution in [0.3, 0.4) is 0 Å². The van der Waals surface area contributed by atoms with E-state index in [2.05, 4.69) is 20.6 Å². The molecule has 6 unspecified atom stereocenters. The van der Waals surface area contributed by atoms with Gasteiger partial charge in [0.25, 0.3) is 0 Å². The Morgan fingerprint density at radius 1 is 1.27 bits per heavy atom. The van der Waals surface area contributed by atoms with Crippen LogP contribution in [0.25, 0.3) is 0 Å². The summed E-state index contributed by atoms with van der Waals surface area (Å²) in [6.45, 7) is 5.14. The fourth-order valence-corrected chi connectivity index (χ4v) is 3.82. The number of aliphatic carboxylic acids is 1. The quantitative estimate of drug-likeness (QED) is 0.233. The number of carbonyl (C=O) groups is 4. The lowest BCUT2D eigenvalue weighted by atomic mass is 9.98. The maximum Gasteiger partial charge on any atom is 0.326 e. The lowest BCUT2D eigenvalue weighted by molar-refractivity contribution is -0.145. The molecule has 0 aromatic carbocycles. The molecule has 1 aromatic heterocycles. The monoisotopic (exact) mass is 466 g/mol. The van der Waals surface area contributed by atoms with Gasteiger partial charge < -0.3 is 36.5 Å². The molecule has 0 bridgehead atoms. The minimum absolute atomic E-state index is 0.231. The molecule has 1 saturated heterocycles. The molecule has 2 rings (SSSR count). The lowest BCUT2D eigenvalue weighted by Crippen LogP contribution is -2.60. The summed E-state index contributed by atoms with van der Waals surface area (Å²) in [5.41, 5.74) is 6.73. The molecule has 0 spiro atoms. The first-order valence-corrected chi connectivity index (χ1v) is 11.1. The molecule has 12 heteroatoms. The molecule has 6 atom stereocenters. The second-order valence-corrected chi connectivity index (χ2v) is 8.51. The highest BCUT2D eigenvalue weighted by Crippen LogP contribution is 2.19. The molecule has 1 fully saturated rings. The molecule has 12 nitrogen and oxygen atoms in total. The van der Waals surface area contributed by atoms with Crippen molar-refractivity contribution in [3.05, 3.63) is 18.2 Å². The molecular formula is C21H34N6O6. The van der Waals surface area contributed by atoms with Crippen molar-refractivity contribution in [2.75, 3.05) is 6.54 Å². The van der Waals surface area contributed by atoms with Gasteiger partial charge in [-0.2, -0.15) is 0 Å². The zero-order valence-electron chi connectivity index (χ0n) is 19.2. The number of likely N-dealkylation sites (tertiary alicyclic amines) is 1. The molecule has 33 heavy (non-hydrogen) atoms. The zero-order chi connectivity index (χ0) is 24.7. The van der Waals surface area contributed by atoms with E-state index in [1.165, 1.54) is 18.2 Å². The van der Waals surface area contributed by atoms with E-state index >= 15 is 0 Å². The second kappa shape index (κ2) is 11.8. The molecule has 2 heterocycles. The number of hydrogen-bond donors (Lipinski definition) is 6. The van der Waals surface area contributed by atoms with Gasteiger partial charge in [-0.3, -0.25) is 14.4 Å². The van der Waals surface area contributed by atoms with Crippen molar-refractivity contribution < 1.29 is 29.4 Å². The summed E-state index contributed by atoms with van der Waals surface area (Å²) in [6, 6.07) is -4.25. The number of H-pyrrole nitrogens is 1. The van der Waals surface area contributed by atoms with Crippen molar-refractivity contribution in [1.82, 2.24) is 25.5 Å². The third-order valence-corrected chi connectivity index (χ3v) is 5.99. The Morgan fingerprint density at radius 2 is 1.97 bits per heavy atom. The van der Waals surface area contributed by atoms with Crippen LogP contribution in [0, 0.1) is 5.92 Å². The number of aliphatic hydroxyl groups excluding tert-OH is 1. The summed E-state index contributed by atoms with van der Waals surface area (Å²) in [6.07, 6.45) is 3.48. The molecular weight excluding hydrogens is 432 g/mol. The van der Waals surface area contributed by atoms with E-state index in [4.69, 9.17) is 5.73 Å². The Kier molecular flexibility index (Phi) is 9.35. The highest BCUT2D eigenvalue weighted by Gasteiger charge is 2.39. The van der Waals surface area contributed by atoms with E-state index in [1.807, 2.05) is 0 Å². The summed E-state index contributed by atoms with van der Waals surface area (Å²) in [5.74, 6) is -3.37. The fraction of sp³-hybridized carbons (Fsp3) is 0.667. The maximum absolute atomic E-state index is 13.0. The van der Waals surface area contributed by atoms with Crippen LogP contribution in [0.15, 0.2) is 12.5 Å². The number of carbonyl (C=O) groups excluding carboxylic acids is 3. The van der Waals surface area contributed by atoms with Gasteiger partial charge in [-0.25, -0.2) is 9.78 Å². The summed E-state index contributed by atoms with van der Waals surface area (Å²) >= 11 is 0. The maximum atomic E-state index is 13.0. The van der Waals surface area contributed by atoms with E-state index < -0.39 is 54.0 Å². The number of nitrogens with two attached hydrogens (primary N) is 1. The number of amides is 3. The molecule has 3 amide bonds. The summed E-state index contributed by atoms with van der Waals surface area (Å²) in [5, 5.41) is 24.4. The first-order chi connectivity index (χ1) is 15.6. The van der Waals surface area contributed by atoms with Crippen LogP contribution in [0.1, 0.15) is 45.7 Å². The van der Waals surface area contributed by atoms with Crippen molar-refractivity contribution in [1.29, 1.82) is 0 Å². The van der Waals surface area contributed by atoms with Crippen molar-refractivity contribution in [2.45, 2.75) is 76.7 Å². The fourth-order valence-electron chi connectivity index (χ4n) is 3.82. The van der Waals surface area contributed by atoms with Crippen LogP contribution < -0.4 is 16.4 Å². The number of nitrogens with one attached hydrogen (secondary N) is 3. The van der Waals surface area contributed by atoms with Crippen LogP contribution in [0.2, 0.25) is 0 Å². The number of aromatic amines is 1. The standard InChI is InChI=1S/C21H34N6O6/c1-4-11(2)16(21(32)33)25-19(30)17(12(3)28)26-18(29)15-6-5-7-27(15)20(31)14(22)8-13-9-23-10-24-13/h9-12,14-17,28H,4-8,22H2,1-3H3,(H,23,24)(H,25,30)(H,26,29)(H,32,33). The van der Waals surface area contributed by atoms with E-state index in [1.54, 1.807) is 20.0 Å². The minimum atomic E-state index is -1.38. The van der Waals surface area contributed by atoms with Crippen molar-refractivity contribution in [3.63, 3.8) is 0 Å². The van der Waals surface area contributed by atoms with Crippen molar-refractivity contribution in [2.24, 2.45) is 11.7 Å². The average molecular weight is 467 g/mol. The van der Waals surface area contributed by atoms with Gasteiger partial charge in [-0.1, -0.05) is 20.3 Å². The number of nitrogens with zero attached hydrogens (tertiary/aromatic N) is 2. The highest BCUT2D eigenvalue weighted by molar-refractivity contribution is 5.94. The van der Waals surface area contributed by atoms with Crippen LogP contribution in [0.5, 0.6) is 0 Å². The third-order valence-electron chi connectivity index (χ3n) is 5.99. The third kappa shape index (κ3) is 6.75. The highest BCUT2D eigenvalue weighted by atomic mass is 16.4. The van der Waals surface area contributed by atoms with E-state index in [-0.39, 0.29) is 12.3 Å². The number of rotatable bonds is 11. The Bertz CT molecular complexity index is 829. The first kappa shape index (κ1) is 26.3. The predicted molar refractivity (Wildman–Crippen MR) is 118 cm³/mol. The smallest absolute Gasteiger partial charge is 0.326 e. The Morgan fingerprint density at radius 3 is 2.52 bits per heavy atom. The van der Waals surface area contributed by atoms with E-state index in [0.717, 1.165) is 0 Å². The Balaban J connectivity index is 2.06. The molecule has 1 aromatic rings. The van der Waals surface area contributed by atoms with Crippen LogP contribution >= 0.6 is 0 Å². The van der Waals surface area contributed by atoms with E-state index in [9.17, 15) is 29.4 Å². The molecule has 184 valence electrons. The number of hydrogen-bond acceptors (Lipinski definition) is 7. The van der Waals surface area contributed by atoms with Gasteiger partial charge in [0.2, 0.25) is 17.7 Å². The molecule has 1 aliphatic heterocycles. The SMILES string of the molecule is CCC(C)C(NC(=O)C(NC(=O)C1CCCN1C(=O)C(N)Cc1cnc[nH]1)C(C)O)C(=O)O. The van der Waals surface area contributed by atoms with Crippen LogP contribution in [0.4, 0.5) is 0 Å². The molecule has 7 N–H and O–H groups in total. The van der Waals surface area contributed by atoms with Crippen LogP contribution in [-0.4, -0.2) is 85.6 Å². The topological polar surface area (TPSA) is 191 Å². The number of aromatic nitrogens is 2. The van der Waals surface area contributed by atoms with Crippen molar-refractivity contribution in [3.8, 4) is 0 Å². The van der Waals surface area contributed by atoms with Gasteiger partial charge in [0.1, 0.15) is 18.1 Å². The number of aliphatic hydroxyl groups is 1. The van der Waals surface area contributed by atoms with E-state index in [0.29, 0.717) is 31.5 Å². The van der Waals surface area contributed by atoms with Crippen LogP contribution in [-0.2, 0) is 25.6 Å². The Hall–Kier alpha value is -2.99. The number of imidazole rings is 1. The average Bonchev–Trinajstić information content (AvgIpc) is 3.45. The lowest BCUT2D eigenvalue weighted by Gasteiger charge is -2.30. The second-order valence-electron chi connectivity index (χ2n) is 8.51. The molecule has 0 radical (unpaired) electrons. The summed E-state index contributed by atoms with van der Waals surface area (Å²) in [7, 11) is 0. The van der Waals surface area contributed by atoms with Gasteiger partial charge in [-0.05, 0) is 25.7 Å².